The lowest BCUT2D eigenvalue weighted by Crippen LogP contribution is -2.32. The van der Waals surface area contributed by atoms with E-state index in [9.17, 15) is 27.6 Å². The summed E-state index contributed by atoms with van der Waals surface area (Å²) < 4.78 is 48.4. The van der Waals surface area contributed by atoms with Gasteiger partial charge in [0.1, 0.15) is 6.54 Å². The molecule has 0 aliphatic heterocycles. The highest BCUT2D eigenvalue weighted by Gasteiger charge is 2.30. The minimum Gasteiger partial charge on any atom is -0.451 e. The van der Waals surface area contributed by atoms with E-state index < -0.39 is 42.0 Å². The van der Waals surface area contributed by atoms with Gasteiger partial charge < -0.3 is 14.5 Å². The van der Waals surface area contributed by atoms with E-state index in [-0.39, 0.29) is 11.6 Å². The van der Waals surface area contributed by atoms with E-state index in [4.69, 9.17) is 9.15 Å². The van der Waals surface area contributed by atoms with Crippen molar-refractivity contribution in [3.05, 3.63) is 70.7 Å². The Morgan fingerprint density at radius 3 is 2.39 bits per heavy atom. The molecule has 1 amide bonds. The lowest BCUT2D eigenvalue weighted by Gasteiger charge is -2.14. The van der Waals surface area contributed by atoms with Gasteiger partial charge in [-0.1, -0.05) is 18.2 Å². The Labute approximate surface area is 173 Å². The number of rotatable bonds is 6. The third-order valence-corrected chi connectivity index (χ3v) is 4.06. The number of nitrogens with zero attached hydrogens (tertiary/aromatic N) is 2. The van der Waals surface area contributed by atoms with E-state index in [0.29, 0.717) is 5.56 Å². The lowest BCUT2D eigenvalue weighted by molar-refractivity contribution is -0.154. The lowest BCUT2D eigenvalue weighted by atomic mass is 10.2. The van der Waals surface area contributed by atoms with Crippen molar-refractivity contribution in [2.75, 3.05) is 5.32 Å². The van der Waals surface area contributed by atoms with Crippen LogP contribution in [0.3, 0.4) is 0 Å². The van der Waals surface area contributed by atoms with Crippen LogP contribution >= 0.6 is 0 Å². The fourth-order valence-electron chi connectivity index (χ4n) is 2.50. The highest BCUT2D eigenvalue weighted by molar-refractivity contribution is 5.95. The first-order chi connectivity index (χ1) is 14.6. The van der Waals surface area contributed by atoms with E-state index in [1.807, 2.05) is 0 Å². The van der Waals surface area contributed by atoms with Gasteiger partial charge in [-0.05, 0) is 43.3 Å². The van der Waals surface area contributed by atoms with E-state index in [2.05, 4.69) is 10.4 Å². The normalized spacial score (nSPS) is 12.3. The van der Waals surface area contributed by atoms with Gasteiger partial charge >= 0.3 is 17.9 Å². The van der Waals surface area contributed by atoms with Crippen molar-refractivity contribution in [3.63, 3.8) is 0 Å². The molecule has 0 saturated carbocycles. The summed E-state index contributed by atoms with van der Waals surface area (Å²) in [5.74, 6) is -2.54. The van der Waals surface area contributed by atoms with Crippen LogP contribution in [0.5, 0.6) is 0 Å². The average Bonchev–Trinajstić information content (AvgIpc) is 3.08. The molecular formula is C20H16F3N3O5. The predicted octanol–water partition coefficient (Wildman–Crippen LogP) is 3.09. The SMILES string of the molecule is CC(OC(=O)Cn1nc(-c2ccccc2)oc1=O)C(=O)Nc1ccc(C(F)(F)F)cc1. The van der Waals surface area contributed by atoms with Crippen molar-refractivity contribution >= 4 is 17.6 Å². The Bertz CT molecular complexity index is 1120. The van der Waals surface area contributed by atoms with Crippen LogP contribution in [0.4, 0.5) is 18.9 Å². The molecule has 1 heterocycles. The number of esters is 1. The molecule has 1 unspecified atom stereocenters. The molecule has 0 spiro atoms. The molecule has 0 saturated heterocycles. The monoisotopic (exact) mass is 435 g/mol. The third-order valence-electron chi connectivity index (χ3n) is 4.06. The molecule has 3 aromatic rings. The Morgan fingerprint density at radius 2 is 1.77 bits per heavy atom. The number of carbonyl (C=O) groups excluding carboxylic acids is 2. The molecule has 8 nitrogen and oxygen atoms in total. The number of alkyl halides is 3. The van der Waals surface area contributed by atoms with Crippen LogP contribution in [0.2, 0.25) is 0 Å². The maximum absolute atomic E-state index is 12.6. The Morgan fingerprint density at radius 1 is 1.13 bits per heavy atom. The summed E-state index contributed by atoms with van der Waals surface area (Å²) in [6, 6.07) is 12.3. The quantitative estimate of drug-likeness (QED) is 0.597. The second-order valence-corrected chi connectivity index (χ2v) is 6.39. The van der Waals surface area contributed by atoms with Crippen LogP contribution in [0, 0.1) is 0 Å². The van der Waals surface area contributed by atoms with Gasteiger partial charge in [0, 0.05) is 11.3 Å². The summed E-state index contributed by atoms with van der Waals surface area (Å²) in [5.41, 5.74) is -0.227. The summed E-state index contributed by atoms with van der Waals surface area (Å²) in [7, 11) is 0. The molecule has 3 rings (SSSR count). The number of aromatic nitrogens is 2. The van der Waals surface area contributed by atoms with Crippen LogP contribution in [0.25, 0.3) is 11.5 Å². The number of anilines is 1. The molecule has 31 heavy (non-hydrogen) atoms. The van der Waals surface area contributed by atoms with Crippen molar-refractivity contribution in [3.8, 4) is 11.5 Å². The number of ether oxygens (including phenoxy) is 1. The van der Waals surface area contributed by atoms with Gasteiger partial charge in [-0.3, -0.25) is 9.59 Å². The predicted molar refractivity (Wildman–Crippen MR) is 102 cm³/mol. The van der Waals surface area contributed by atoms with Gasteiger partial charge in [-0.2, -0.15) is 17.9 Å². The smallest absolute Gasteiger partial charge is 0.437 e. The van der Waals surface area contributed by atoms with E-state index in [1.54, 1.807) is 30.3 Å². The molecule has 11 heteroatoms. The van der Waals surface area contributed by atoms with Crippen molar-refractivity contribution in [1.29, 1.82) is 0 Å². The maximum atomic E-state index is 12.6. The van der Waals surface area contributed by atoms with Gasteiger partial charge in [0.05, 0.1) is 5.56 Å². The maximum Gasteiger partial charge on any atom is 0.437 e. The van der Waals surface area contributed by atoms with Crippen molar-refractivity contribution in [2.45, 2.75) is 25.7 Å². The fourth-order valence-corrected chi connectivity index (χ4v) is 2.50. The second kappa shape index (κ2) is 8.86. The molecule has 2 aromatic carbocycles. The topological polar surface area (TPSA) is 103 Å². The van der Waals surface area contributed by atoms with E-state index in [0.717, 1.165) is 28.9 Å². The van der Waals surface area contributed by atoms with Gasteiger partial charge in [0.2, 0.25) is 5.89 Å². The highest BCUT2D eigenvalue weighted by Crippen LogP contribution is 2.29. The van der Waals surface area contributed by atoms with Crippen LogP contribution < -0.4 is 11.1 Å². The molecule has 0 aliphatic carbocycles. The van der Waals surface area contributed by atoms with Gasteiger partial charge in [-0.25, -0.2) is 4.79 Å². The Hall–Kier alpha value is -3.89. The number of carbonyl (C=O) groups is 2. The van der Waals surface area contributed by atoms with E-state index >= 15 is 0 Å². The van der Waals surface area contributed by atoms with Gasteiger partial charge in [0.25, 0.3) is 5.91 Å². The average molecular weight is 435 g/mol. The van der Waals surface area contributed by atoms with Crippen molar-refractivity contribution in [2.24, 2.45) is 0 Å². The summed E-state index contributed by atoms with van der Waals surface area (Å²) in [6.07, 6.45) is -5.77. The van der Waals surface area contributed by atoms with Crippen molar-refractivity contribution < 1.29 is 31.9 Å². The first-order valence-corrected chi connectivity index (χ1v) is 8.94. The van der Waals surface area contributed by atoms with Gasteiger partial charge in [0.15, 0.2) is 6.10 Å². The Balaban J connectivity index is 1.57. The van der Waals surface area contributed by atoms with Crippen molar-refractivity contribution in [1.82, 2.24) is 9.78 Å². The zero-order valence-corrected chi connectivity index (χ0v) is 16.1. The first-order valence-electron chi connectivity index (χ1n) is 8.94. The minimum absolute atomic E-state index is 0.0199. The van der Waals surface area contributed by atoms with Crippen LogP contribution in [0.15, 0.2) is 63.8 Å². The molecule has 1 aromatic heterocycles. The number of benzene rings is 2. The standard InChI is InChI=1S/C20H16F3N3O5/c1-12(17(28)24-15-9-7-14(8-10-15)20(21,22)23)30-16(27)11-26-19(29)31-18(25-26)13-5-3-2-4-6-13/h2-10,12H,11H2,1H3,(H,24,28). The third kappa shape index (κ3) is 5.59. The molecule has 162 valence electrons. The number of halogens is 3. The number of nitrogens with one attached hydrogen (secondary N) is 1. The number of hydrogen-bond donors (Lipinski definition) is 1. The van der Waals surface area contributed by atoms with Crippen LogP contribution in [0.1, 0.15) is 12.5 Å². The molecular weight excluding hydrogens is 419 g/mol. The van der Waals surface area contributed by atoms with Crippen LogP contribution in [-0.4, -0.2) is 27.8 Å². The number of hydrogen-bond acceptors (Lipinski definition) is 6. The summed E-state index contributed by atoms with van der Waals surface area (Å²) in [4.78, 5) is 36.1. The Kier molecular flexibility index (Phi) is 6.23. The molecule has 1 atom stereocenters. The molecule has 1 N–H and O–H groups in total. The zero-order chi connectivity index (χ0) is 22.6. The van der Waals surface area contributed by atoms with E-state index in [1.165, 1.54) is 6.92 Å². The molecule has 0 radical (unpaired) electrons. The summed E-state index contributed by atoms with van der Waals surface area (Å²) in [6.45, 7) is 0.686. The number of amides is 1. The fraction of sp³-hybridized carbons (Fsp3) is 0.200. The van der Waals surface area contributed by atoms with Crippen LogP contribution in [-0.2, 0) is 27.0 Å². The molecule has 0 fully saturated rings. The first kappa shape index (κ1) is 21.8. The highest BCUT2D eigenvalue weighted by atomic mass is 19.4. The molecule has 0 bridgehead atoms. The summed E-state index contributed by atoms with van der Waals surface area (Å²) >= 11 is 0. The second-order valence-electron chi connectivity index (χ2n) is 6.39. The van der Waals surface area contributed by atoms with Gasteiger partial charge in [-0.15, -0.1) is 5.10 Å². The minimum atomic E-state index is -4.50. The largest absolute Gasteiger partial charge is 0.451 e. The zero-order valence-electron chi connectivity index (χ0n) is 16.1. The summed E-state index contributed by atoms with van der Waals surface area (Å²) in [5, 5.41) is 6.25. The molecule has 0 aliphatic rings.